The molecule has 0 aliphatic heterocycles. The van der Waals surface area contributed by atoms with Crippen LogP contribution in [0.2, 0.25) is 0 Å². The first-order chi connectivity index (χ1) is 7.11. The molecule has 0 aliphatic rings. The van der Waals surface area contributed by atoms with Gasteiger partial charge in [-0.15, -0.1) is 0 Å². The monoisotopic (exact) mass is 212 g/mol. The molecule has 0 rings (SSSR count). The Kier molecular flexibility index (Phi) is 6.97. The molecule has 4 nitrogen and oxygen atoms in total. The summed E-state index contributed by atoms with van der Waals surface area (Å²) in [6.45, 7) is 9.16. The first-order valence-corrected chi connectivity index (χ1v) is 4.75. The molecule has 0 fully saturated rings. The summed E-state index contributed by atoms with van der Waals surface area (Å²) in [5, 5.41) is 0. The quantitative estimate of drug-likeness (QED) is 0.365. The Morgan fingerprint density at radius 3 is 2.53 bits per heavy atom. The Balaban J connectivity index is 3.59. The summed E-state index contributed by atoms with van der Waals surface area (Å²) in [5.41, 5.74) is 0.395. The van der Waals surface area contributed by atoms with Crippen LogP contribution in [0.4, 0.5) is 0 Å². The van der Waals surface area contributed by atoms with Crippen LogP contribution in [0.1, 0.15) is 19.8 Å². The summed E-state index contributed by atoms with van der Waals surface area (Å²) in [7, 11) is 0. The van der Waals surface area contributed by atoms with E-state index in [0.717, 1.165) is 6.08 Å². The van der Waals surface area contributed by atoms with Gasteiger partial charge in [-0.1, -0.05) is 13.2 Å². The lowest BCUT2D eigenvalue weighted by Gasteiger charge is -2.05. The van der Waals surface area contributed by atoms with Crippen molar-refractivity contribution >= 4 is 11.9 Å². The first-order valence-electron chi connectivity index (χ1n) is 4.75. The minimum absolute atomic E-state index is 0.253. The molecular weight excluding hydrogens is 196 g/mol. The zero-order chi connectivity index (χ0) is 11.7. The minimum Gasteiger partial charge on any atom is -0.463 e. The maximum atomic E-state index is 11.1. The highest BCUT2D eigenvalue weighted by atomic mass is 16.5. The van der Waals surface area contributed by atoms with Crippen LogP contribution < -0.4 is 0 Å². The van der Waals surface area contributed by atoms with Gasteiger partial charge in [0.25, 0.3) is 0 Å². The smallest absolute Gasteiger partial charge is 0.333 e. The van der Waals surface area contributed by atoms with Crippen LogP contribution in [0.3, 0.4) is 0 Å². The lowest BCUT2D eigenvalue weighted by atomic mass is 10.2. The average Bonchev–Trinajstić information content (AvgIpc) is 2.23. The summed E-state index contributed by atoms with van der Waals surface area (Å²) in [5.74, 6) is -0.857. The summed E-state index contributed by atoms with van der Waals surface area (Å²) >= 11 is 0. The van der Waals surface area contributed by atoms with Crippen LogP contribution in [-0.2, 0) is 19.1 Å². The Labute approximate surface area is 89.6 Å². The second-order valence-electron chi connectivity index (χ2n) is 2.80. The lowest BCUT2D eigenvalue weighted by molar-refractivity contribution is -0.138. The van der Waals surface area contributed by atoms with Crippen LogP contribution >= 0.6 is 0 Å². The number of hydrogen-bond acceptors (Lipinski definition) is 4. The Morgan fingerprint density at radius 1 is 1.33 bits per heavy atom. The van der Waals surface area contributed by atoms with E-state index in [1.165, 1.54) is 0 Å². The first kappa shape index (κ1) is 13.4. The highest BCUT2D eigenvalue weighted by molar-refractivity contribution is 5.87. The van der Waals surface area contributed by atoms with Gasteiger partial charge < -0.3 is 9.47 Å². The molecule has 0 aromatic heterocycles. The normalized spacial score (nSPS) is 9.13. The largest absolute Gasteiger partial charge is 0.463 e. The van der Waals surface area contributed by atoms with E-state index in [4.69, 9.17) is 9.47 Å². The third-order valence-electron chi connectivity index (χ3n) is 1.60. The zero-order valence-corrected chi connectivity index (χ0v) is 8.95. The van der Waals surface area contributed by atoms with Crippen molar-refractivity contribution in [3.8, 4) is 0 Å². The fourth-order valence-corrected chi connectivity index (χ4v) is 0.852. The third kappa shape index (κ3) is 6.49. The third-order valence-corrected chi connectivity index (χ3v) is 1.60. The van der Waals surface area contributed by atoms with Gasteiger partial charge in [-0.3, -0.25) is 0 Å². The van der Waals surface area contributed by atoms with E-state index in [1.54, 1.807) is 6.92 Å². The molecule has 0 aliphatic carbocycles. The van der Waals surface area contributed by atoms with Crippen LogP contribution in [0.5, 0.6) is 0 Å². The van der Waals surface area contributed by atoms with Gasteiger partial charge in [0.2, 0.25) is 0 Å². The van der Waals surface area contributed by atoms with E-state index in [1.807, 2.05) is 0 Å². The molecular formula is C11H16O4. The van der Waals surface area contributed by atoms with E-state index in [-0.39, 0.29) is 6.61 Å². The topological polar surface area (TPSA) is 52.6 Å². The van der Waals surface area contributed by atoms with Crippen molar-refractivity contribution in [2.75, 3.05) is 13.2 Å². The van der Waals surface area contributed by atoms with Crippen molar-refractivity contribution in [1.82, 2.24) is 0 Å². The molecule has 0 atom stereocenters. The van der Waals surface area contributed by atoms with E-state index < -0.39 is 11.9 Å². The zero-order valence-electron chi connectivity index (χ0n) is 8.95. The molecule has 0 radical (unpaired) electrons. The lowest BCUT2D eigenvalue weighted by Crippen LogP contribution is -2.08. The van der Waals surface area contributed by atoms with Crippen molar-refractivity contribution in [2.24, 2.45) is 0 Å². The second kappa shape index (κ2) is 7.79. The van der Waals surface area contributed by atoms with Crippen LogP contribution in [0.25, 0.3) is 0 Å². The molecule has 0 bridgehead atoms. The SMILES string of the molecule is C=CC(=O)OCCCC(=C)C(=O)OCC. The molecule has 84 valence electrons. The van der Waals surface area contributed by atoms with E-state index in [9.17, 15) is 9.59 Å². The highest BCUT2D eigenvalue weighted by Crippen LogP contribution is 2.04. The van der Waals surface area contributed by atoms with Gasteiger partial charge >= 0.3 is 11.9 Å². The van der Waals surface area contributed by atoms with Gasteiger partial charge in [0.15, 0.2) is 0 Å². The van der Waals surface area contributed by atoms with Crippen molar-refractivity contribution in [2.45, 2.75) is 19.8 Å². The molecule has 0 heterocycles. The average molecular weight is 212 g/mol. The number of hydrogen-bond donors (Lipinski definition) is 0. The van der Waals surface area contributed by atoms with Gasteiger partial charge in [-0.05, 0) is 19.8 Å². The van der Waals surface area contributed by atoms with Crippen LogP contribution in [0, 0.1) is 0 Å². The van der Waals surface area contributed by atoms with Crippen LogP contribution in [-0.4, -0.2) is 25.2 Å². The Morgan fingerprint density at radius 2 is 2.00 bits per heavy atom. The van der Waals surface area contributed by atoms with Gasteiger partial charge in [-0.25, -0.2) is 9.59 Å². The number of rotatable bonds is 7. The summed E-state index contributed by atoms with van der Waals surface area (Å²) in [4.78, 5) is 21.7. The molecule has 4 heteroatoms. The maximum absolute atomic E-state index is 11.1. The standard InChI is InChI=1S/C11H16O4/c1-4-10(12)15-8-6-7-9(3)11(13)14-5-2/h4H,1,3,5-8H2,2H3. The molecule has 0 spiro atoms. The predicted molar refractivity (Wildman–Crippen MR) is 56.2 cm³/mol. The Hall–Kier alpha value is -1.58. The van der Waals surface area contributed by atoms with Gasteiger partial charge in [-0.2, -0.15) is 0 Å². The molecule has 15 heavy (non-hydrogen) atoms. The number of carbonyl (C=O) groups excluding carboxylic acids is 2. The number of esters is 2. The van der Waals surface area contributed by atoms with E-state index >= 15 is 0 Å². The van der Waals surface area contributed by atoms with Crippen molar-refractivity contribution in [1.29, 1.82) is 0 Å². The summed E-state index contributed by atoms with van der Waals surface area (Å²) in [6.07, 6.45) is 2.11. The fourth-order valence-electron chi connectivity index (χ4n) is 0.852. The van der Waals surface area contributed by atoms with Gasteiger partial charge in [0, 0.05) is 11.6 Å². The molecule has 0 N–H and O–H groups in total. The fraction of sp³-hybridized carbons (Fsp3) is 0.455. The number of carbonyl (C=O) groups is 2. The van der Waals surface area contributed by atoms with Crippen molar-refractivity contribution in [3.63, 3.8) is 0 Å². The molecule has 0 saturated heterocycles. The molecule has 0 aromatic carbocycles. The van der Waals surface area contributed by atoms with Gasteiger partial charge in [0.05, 0.1) is 13.2 Å². The molecule has 0 unspecified atom stereocenters. The van der Waals surface area contributed by atoms with Gasteiger partial charge in [0.1, 0.15) is 0 Å². The Bertz CT molecular complexity index is 255. The van der Waals surface area contributed by atoms with E-state index in [0.29, 0.717) is 25.0 Å². The van der Waals surface area contributed by atoms with Crippen molar-refractivity contribution < 1.29 is 19.1 Å². The maximum Gasteiger partial charge on any atom is 0.333 e. The van der Waals surface area contributed by atoms with Crippen LogP contribution in [0.15, 0.2) is 24.8 Å². The summed E-state index contributed by atoms with van der Waals surface area (Å²) < 4.78 is 9.47. The number of ether oxygens (including phenoxy) is 2. The molecule has 0 saturated carbocycles. The molecule has 0 amide bonds. The molecule has 0 aromatic rings. The van der Waals surface area contributed by atoms with Crippen molar-refractivity contribution in [3.05, 3.63) is 24.8 Å². The summed E-state index contributed by atoms with van der Waals surface area (Å²) in [6, 6.07) is 0. The minimum atomic E-state index is -0.461. The highest BCUT2D eigenvalue weighted by Gasteiger charge is 2.07. The van der Waals surface area contributed by atoms with E-state index in [2.05, 4.69) is 13.2 Å². The second-order valence-corrected chi connectivity index (χ2v) is 2.80. The predicted octanol–water partition coefficient (Wildman–Crippen LogP) is 1.62.